The maximum Gasteiger partial charge on any atom is 0.0388 e. The average Bonchev–Trinajstić information content (AvgIpc) is 2.54. The van der Waals surface area contributed by atoms with E-state index in [0.29, 0.717) is 12.1 Å². The van der Waals surface area contributed by atoms with Crippen molar-refractivity contribution in [3.05, 3.63) is 21.9 Å². The molecule has 0 saturated carbocycles. The van der Waals surface area contributed by atoms with Crippen LogP contribution in [-0.4, -0.2) is 19.1 Å². The van der Waals surface area contributed by atoms with Crippen molar-refractivity contribution >= 4 is 11.3 Å². The molecular formula is C13H22N2S. The van der Waals surface area contributed by atoms with Gasteiger partial charge < -0.3 is 10.6 Å². The zero-order valence-corrected chi connectivity index (χ0v) is 11.1. The summed E-state index contributed by atoms with van der Waals surface area (Å²) in [5, 5.41) is 7.22. The molecule has 1 aromatic heterocycles. The monoisotopic (exact) mass is 238 g/mol. The van der Waals surface area contributed by atoms with Gasteiger partial charge in [0.25, 0.3) is 0 Å². The van der Waals surface area contributed by atoms with Crippen LogP contribution in [0.2, 0.25) is 0 Å². The quantitative estimate of drug-likeness (QED) is 0.846. The first kappa shape index (κ1) is 12.1. The van der Waals surface area contributed by atoms with E-state index in [1.165, 1.54) is 35.6 Å². The third-order valence-corrected chi connectivity index (χ3v) is 4.43. The van der Waals surface area contributed by atoms with E-state index in [4.69, 9.17) is 0 Å². The summed E-state index contributed by atoms with van der Waals surface area (Å²) in [5.74, 6) is 0. The van der Waals surface area contributed by atoms with Crippen LogP contribution in [0.1, 0.15) is 42.0 Å². The second kappa shape index (κ2) is 5.80. The molecule has 1 saturated heterocycles. The average molecular weight is 238 g/mol. The highest BCUT2D eigenvalue weighted by molar-refractivity contribution is 7.12. The maximum atomic E-state index is 3.76. The lowest BCUT2D eigenvalue weighted by Crippen LogP contribution is -2.31. The van der Waals surface area contributed by atoms with Crippen molar-refractivity contribution in [2.75, 3.05) is 13.1 Å². The molecule has 1 aliphatic heterocycles. The second-order valence-electron chi connectivity index (χ2n) is 4.71. The molecule has 16 heavy (non-hydrogen) atoms. The van der Waals surface area contributed by atoms with Crippen LogP contribution in [0.4, 0.5) is 0 Å². The molecule has 1 aliphatic rings. The first-order chi connectivity index (χ1) is 7.75. The Morgan fingerprint density at radius 2 is 2.25 bits per heavy atom. The summed E-state index contributed by atoms with van der Waals surface area (Å²) < 4.78 is 0. The minimum Gasteiger partial charge on any atom is -0.317 e. The summed E-state index contributed by atoms with van der Waals surface area (Å²) in [6.45, 7) is 6.80. The fourth-order valence-corrected chi connectivity index (χ4v) is 3.20. The van der Waals surface area contributed by atoms with Crippen LogP contribution in [0.3, 0.4) is 0 Å². The van der Waals surface area contributed by atoms with Crippen molar-refractivity contribution in [1.29, 1.82) is 0 Å². The van der Waals surface area contributed by atoms with Crippen LogP contribution in [-0.2, 0) is 0 Å². The fourth-order valence-electron chi connectivity index (χ4n) is 2.31. The third kappa shape index (κ3) is 3.30. The molecule has 0 aromatic carbocycles. The zero-order valence-electron chi connectivity index (χ0n) is 10.3. The van der Waals surface area contributed by atoms with Crippen molar-refractivity contribution in [2.45, 2.75) is 45.2 Å². The topological polar surface area (TPSA) is 24.1 Å². The number of aryl methyl sites for hydroxylation is 1. The van der Waals surface area contributed by atoms with Gasteiger partial charge in [-0.05, 0) is 58.3 Å². The van der Waals surface area contributed by atoms with Gasteiger partial charge in [0, 0.05) is 21.8 Å². The Hall–Kier alpha value is -0.380. The van der Waals surface area contributed by atoms with Crippen molar-refractivity contribution in [3.63, 3.8) is 0 Å². The molecule has 1 aromatic rings. The number of thiophene rings is 1. The standard InChI is InChI=1S/C13H22N2S/c1-10-5-6-13(16-10)11(2)15-12-4-3-8-14-9-7-12/h5-6,11-12,14-15H,3-4,7-9H2,1-2H3. The van der Waals surface area contributed by atoms with Gasteiger partial charge in [0.05, 0.1) is 0 Å². The molecule has 2 nitrogen and oxygen atoms in total. The van der Waals surface area contributed by atoms with Crippen LogP contribution >= 0.6 is 11.3 Å². The highest BCUT2D eigenvalue weighted by Crippen LogP contribution is 2.23. The largest absolute Gasteiger partial charge is 0.317 e. The van der Waals surface area contributed by atoms with E-state index in [-0.39, 0.29) is 0 Å². The van der Waals surface area contributed by atoms with Crippen molar-refractivity contribution in [3.8, 4) is 0 Å². The molecule has 90 valence electrons. The minimum atomic E-state index is 0.502. The van der Waals surface area contributed by atoms with Gasteiger partial charge in [-0.3, -0.25) is 0 Å². The van der Waals surface area contributed by atoms with Crippen molar-refractivity contribution in [2.24, 2.45) is 0 Å². The first-order valence-electron chi connectivity index (χ1n) is 6.29. The Bertz CT molecular complexity index is 313. The number of hydrogen-bond donors (Lipinski definition) is 2. The Morgan fingerprint density at radius 1 is 1.38 bits per heavy atom. The minimum absolute atomic E-state index is 0.502. The summed E-state index contributed by atoms with van der Waals surface area (Å²) in [7, 11) is 0. The fraction of sp³-hybridized carbons (Fsp3) is 0.692. The van der Waals surface area contributed by atoms with Gasteiger partial charge in [-0.25, -0.2) is 0 Å². The molecule has 2 atom stereocenters. The Labute approximate surface area is 102 Å². The Balaban J connectivity index is 1.88. The predicted molar refractivity (Wildman–Crippen MR) is 71.1 cm³/mol. The summed E-state index contributed by atoms with van der Waals surface area (Å²) in [6.07, 6.45) is 3.87. The van der Waals surface area contributed by atoms with Crippen molar-refractivity contribution in [1.82, 2.24) is 10.6 Å². The number of nitrogens with one attached hydrogen (secondary N) is 2. The molecule has 0 amide bonds. The molecule has 1 fully saturated rings. The number of rotatable bonds is 3. The Kier molecular flexibility index (Phi) is 4.38. The van der Waals surface area contributed by atoms with Crippen molar-refractivity contribution < 1.29 is 0 Å². The predicted octanol–water partition coefficient (Wildman–Crippen LogP) is 2.85. The van der Waals surface area contributed by atoms with E-state index in [2.05, 4.69) is 36.6 Å². The highest BCUT2D eigenvalue weighted by atomic mass is 32.1. The summed E-state index contributed by atoms with van der Waals surface area (Å²) in [6, 6.07) is 5.66. The molecule has 2 N–H and O–H groups in total. The zero-order chi connectivity index (χ0) is 11.4. The summed E-state index contributed by atoms with van der Waals surface area (Å²) in [4.78, 5) is 2.88. The first-order valence-corrected chi connectivity index (χ1v) is 7.10. The van der Waals surface area contributed by atoms with Gasteiger partial charge in [0.1, 0.15) is 0 Å². The molecule has 3 heteroatoms. The lowest BCUT2D eigenvalue weighted by molar-refractivity contribution is 0.424. The number of hydrogen-bond acceptors (Lipinski definition) is 3. The molecule has 2 rings (SSSR count). The maximum absolute atomic E-state index is 3.76. The summed E-state index contributed by atoms with van der Waals surface area (Å²) >= 11 is 1.91. The van der Waals surface area contributed by atoms with E-state index in [9.17, 15) is 0 Å². The molecule has 0 spiro atoms. The van der Waals surface area contributed by atoms with Gasteiger partial charge in [0.2, 0.25) is 0 Å². The molecular weight excluding hydrogens is 216 g/mol. The second-order valence-corrected chi connectivity index (χ2v) is 6.03. The van der Waals surface area contributed by atoms with Gasteiger partial charge >= 0.3 is 0 Å². The van der Waals surface area contributed by atoms with E-state index >= 15 is 0 Å². The SMILES string of the molecule is Cc1ccc(C(C)NC2CCCNCC2)s1. The van der Waals surface area contributed by atoms with Gasteiger partial charge in [-0.1, -0.05) is 0 Å². The van der Waals surface area contributed by atoms with Crippen LogP contribution in [0.15, 0.2) is 12.1 Å². The van der Waals surface area contributed by atoms with Crippen LogP contribution in [0.5, 0.6) is 0 Å². The lowest BCUT2D eigenvalue weighted by atomic mass is 10.1. The molecule has 0 aliphatic carbocycles. The van der Waals surface area contributed by atoms with Gasteiger partial charge in [0.15, 0.2) is 0 Å². The molecule has 0 radical (unpaired) electrons. The van der Waals surface area contributed by atoms with Crippen LogP contribution < -0.4 is 10.6 Å². The summed E-state index contributed by atoms with van der Waals surface area (Å²) in [5.41, 5.74) is 0. The van der Waals surface area contributed by atoms with Crippen LogP contribution in [0.25, 0.3) is 0 Å². The third-order valence-electron chi connectivity index (χ3n) is 3.25. The van der Waals surface area contributed by atoms with Crippen LogP contribution in [0, 0.1) is 6.92 Å². The van der Waals surface area contributed by atoms with Gasteiger partial charge in [-0.15, -0.1) is 11.3 Å². The normalized spacial score (nSPS) is 24.0. The van der Waals surface area contributed by atoms with E-state index in [1.54, 1.807) is 0 Å². The molecule has 2 unspecified atom stereocenters. The smallest absolute Gasteiger partial charge is 0.0388 e. The van der Waals surface area contributed by atoms with E-state index in [1.807, 2.05) is 11.3 Å². The molecule has 2 heterocycles. The van der Waals surface area contributed by atoms with E-state index in [0.717, 1.165) is 6.54 Å². The highest BCUT2D eigenvalue weighted by Gasteiger charge is 2.15. The Morgan fingerprint density at radius 3 is 3.00 bits per heavy atom. The van der Waals surface area contributed by atoms with Gasteiger partial charge in [-0.2, -0.15) is 0 Å². The lowest BCUT2D eigenvalue weighted by Gasteiger charge is -2.21. The van der Waals surface area contributed by atoms with E-state index < -0.39 is 0 Å². The molecule has 0 bridgehead atoms.